The molecule has 0 radical (unpaired) electrons. The summed E-state index contributed by atoms with van der Waals surface area (Å²) in [6.45, 7) is 3.21. The number of amides is 1. The summed E-state index contributed by atoms with van der Waals surface area (Å²) in [4.78, 5) is 11.5. The predicted molar refractivity (Wildman–Crippen MR) is 68.7 cm³/mol. The molecule has 0 heterocycles. The number of carbonyl (C=O) groups excluding carboxylic acids is 1. The zero-order valence-corrected chi connectivity index (χ0v) is 10.9. The van der Waals surface area contributed by atoms with Crippen LogP contribution in [0.1, 0.15) is 51.9 Å². The lowest BCUT2D eigenvalue weighted by molar-refractivity contribution is -0.122. The van der Waals surface area contributed by atoms with Crippen molar-refractivity contribution in [2.24, 2.45) is 5.73 Å². The highest BCUT2D eigenvalue weighted by Gasteiger charge is 2.14. The molecule has 17 heavy (non-hydrogen) atoms. The van der Waals surface area contributed by atoms with Crippen LogP contribution in [0.25, 0.3) is 0 Å². The molecule has 1 aliphatic rings. The summed E-state index contributed by atoms with van der Waals surface area (Å²) in [5.41, 5.74) is 5.70. The molecule has 100 valence electrons. The number of nitrogens with two attached hydrogens (primary N) is 1. The molecule has 1 aliphatic carbocycles. The average Bonchev–Trinajstić information content (AvgIpc) is 2.36. The van der Waals surface area contributed by atoms with Crippen LogP contribution in [0.3, 0.4) is 0 Å². The van der Waals surface area contributed by atoms with Gasteiger partial charge in [0.25, 0.3) is 0 Å². The van der Waals surface area contributed by atoms with Crippen LogP contribution in [0, 0.1) is 0 Å². The second kappa shape index (κ2) is 8.48. The van der Waals surface area contributed by atoms with E-state index in [1.54, 1.807) is 0 Å². The van der Waals surface area contributed by atoms with Crippen molar-refractivity contribution in [3.8, 4) is 0 Å². The van der Waals surface area contributed by atoms with E-state index in [2.05, 4.69) is 5.32 Å². The number of hydrogen-bond donors (Lipinski definition) is 2. The van der Waals surface area contributed by atoms with Gasteiger partial charge in [-0.05, 0) is 19.3 Å². The molecule has 1 saturated carbocycles. The van der Waals surface area contributed by atoms with Crippen molar-refractivity contribution in [2.75, 3.05) is 13.2 Å². The summed E-state index contributed by atoms with van der Waals surface area (Å²) < 4.78 is 5.72. The minimum atomic E-state index is -0.366. The molecule has 1 fully saturated rings. The van der Waals surface area contributed by atoms with Crippen molar-refractivity contribution < 1.29 is 9.53 Å². The summed E-state index contributed by atoms with van der Waals surface area (Å²) in [7, 11) is 0. The van der Waals surface area contributed by atoms with E-state index < -0.39 is 0 Å². The van der Waals surface area contributed by atoms with Crippen LogP contribution in [0.5, 0.6) is 0 Å². The predicted octanol–water partition coefficient (Wildman–Crippen LogP) is 1.58. The molecule has 3 N–H and O–H groups in total. The van der Waals surface area contributed by atoms with Crippen molar-refractivity contribution in [3.05, 3.63) is 0 Å². The van der Waals surface area contributed by atoms with Gasteiger partial charge in [0.2, 0.25) is 5.91 Å². The zero-order chi connectivity index (χ0) is 12.5. The Hall–Kier alpha value is -0.610. The Bertz CT molecular complexity index is 215. The maximum Gasteiger partial charge on any atom is 0.236 e. The monoisotopic (exact) mass is 242 g/mol. The third kappa shape index (κ3) is 6.03. The van der Waals surface area contributed by atoms with Gasteiger partial charge in [-0.1, -0.05) is 32.6 Å². The highest BCUT2D eigenvalue weighted by atomic mass is 16.5. The van der Waals surface area contributed by atoms with E-state index in [0.29, 0.717) is 19.3 Å². The fourth-order valence-electron chi connectivity index (χ4n) is 2.20. The molecular weight excluding hydrogens is 216 g/mol. The van der Waals surface area contributed by atoms with Crippen molar-refractivity contribution in [1.82, 2.24) is 5.32 Å². The molecule has 0 aromatic heterocycles. The number of nitrogens with one attached hydrogen (secondary N) is 1. The second-order valence-electron chi connectivity index (χ2n) is 4.82. The molecular formula is C13H26N2O2. The van der Waals surface area contributed by atoms with E-state index in [0.717, 1.165) is 12.8 Å². The molecule has 0 aromatic carbocycles. The Morgan fingerprint density at radius 3 is 2.76 bits per heavy atom. The van der Waals surface area contributed by atoms with Crippen LogP contribution >= 0.6 is 0 Å². The van der Waals surface area contributed by atoms with E-state index in [1.165, 1.54) is 32.1 Å². The largest absolute Gasteiger partial charge is 0.376 e. The fourth-order valence-corrected chi connectivity index (χ4v) is 2.20. The van der Waals surface area contributed by atoms with Gasteiger partial charge in [0.05, 0.1) is 18.8 Å². The van der Waals surface area contributed by atoms with Crippen molar-refractivity contribution in [3.63, 3.8) is 0 Å². The average molecular weight is 242 g/mol. The molecule has 0 saturated heterocycles. The van der Waals surface area contributed by atoms with Crippen LogP contribution < -0.4 is 11.1 Å². The second-order valence-corrected chi connectivity index (χ2v) is 4.82. The summed E-state index contributed by atoms with van der Waals surface area (Å²) >= 11 is 0. The first kappa shape index (κ1) is 14.5. The van der Waals surface area contributed by atoms with E-state index in [1.807, 2.05) is 6.92 Å². The van der Waals surface area contributed by atoms with Crippen LogP contribution in [0.15, 0.2) is 0 Å². The lowest BCUT2D eigenvalue weighted by Crippen LogP contribution is -2.41. The number of hydrogen-bond acceptors (Lipinski definition) is 3. The van der Waals surface area contributed by atoms with Crippen molar-refractivity contribution >= 4 is 5.91 Å². The Morgan fingerprint density at radius 1 is 1.41 bits per heavy atom. The first-order valence-electron chi connectivity index (χ1n) is 6.89. The normalized spacial score (nSPS) is 18.9. The Labute approximate surface area is 104 Å². The standard InChI is InChI=1S/C13H26N2O2/c1-2-6-12(14)13(16)15-9-10-17-11-7-4-3-5-8-11/h11-12H,2-10,14H2,1H3,(H,15,16)/t12-/m0/s1. The van der Waals surface area contributed by atoms with Gasteiger partial charge >= 0.3 is 0 Å². The highest BCUT2D eigenvalue weighted by Crippen LogP contribution is 2.19. The Morgan fingerprint density at radius 2 is 2.12 bits per heavy atom. The number of rotatable bonds is 7. The molecule has 4 nitrogen and oxygen atoms in total. The third-order valence-corrected chi connectivity index (χ3v) is 3.24. The summed E-state index contributed by atoms with van der Waals surface area (Å²) in [6.07, 6.45) is 8.32. The molecule has 1 atom stereocenters. The van der Waals surface area contributed by atoms with Crippen LogP contribution in [-0.2, 0) is 9.53 Å². The van der Waals surface area contributed by atoms with E-state index in [9.17, 15) is 4.79 Å². The minimum Gasteiger partial charge on any atom is -0.376 e. The van der Waals surface area contributed by atoms with Gasteiger partial charge in [-0.2, -0.15) is 0 Å². The molecule has 0 unspecified atom stereocenters. The molecule has 0 bridgehead atoms. The van der Waals surface area contributed by atoms with Gasteiger partial charge in [0.15, 0.2) is 0 Å². The van der Waals surface area contributed by atoms with Gasteiger partial charge in [0, 0.05) is 6.54 Å². The first-order valence-corrected chi connectivity index (χ1v) is 6.89. The minimum absolute atomic E-state index is 0.0564. The van der Waals surface area contributed by atoms with Gasteiger partial charge < -0.3 is 15.8 Å². The van der Waals surface area contributed by atoms with Gasteiger partial charge in [-0.3, -0.25) is 4.79 Å². The van der Waals surface area contributed by atoms with Crippen molar-refractivity contribution in [2.45, 2.75) is 64.0 Å². The highest BCUT2D eigenvalue weighted by molar-refractivity contribution is 5.81. The Kier molecular flexibility index (Phi) is 7.21. The first-order chi connectivity index (χ1) is 8.24. The maximum absolute atomic E-state index is 11.5. The number of ether oxygens (including phenoxy) is 1. The maximum atomic E-state index is 11.5. The summed E-state index contributed by atoms with van der Waals surface area (Å²) in [5.74, 6) is -0.0564. The topological polar surface area (TPSA) is 64.4 Å². The summed E-state index contributed by atoms with van der Waals surface area (Å²) in [5, 5.41) is 2.82. The van der Waals surface area contributed by atoms with Crippen LogP contribution in [0.4, 0.5) is 0 Å². The Balaban J connectivity index is 2.01. The fraction of sp³-hybridized carbons (Fsp3) is 0.923. The van der Waals surface area contributed by atoms with Crippen LogP contribution in [-0.4, -0.2) is 31.2 Å². The van der Waals surface area contributed by atoms with Gasteiger partial charge in [0.1, 0.15) is 0 Å². The molecule has 0 aromatic rings. The lowest BCUT2D eigenvalue weighted by Gasteiger charge is -2.22. The number of carbonyl (C=O) groups is 1. The zero-order valence-electron chi connectivity index (χ0n) is 10.9. The van der Waals surface area contributed by atoms with E-state index in [-0.39, 0.29) is 11.9 Å². The third-order valence-electron chi connectivity index (χ3n) is 3.24. The van der Waals surface area contributed by atoms with Crippen LogP contribution in [0.2, 0.25) is 0 Å². The van der Waals surface area contributed by atoms with Gasteiger partial charge in [-0.25, -0.2) is 0 Å². The van der Waals surface area contributed by atoms with Gasteiger partial charge in [-0.15, -0.1) is 0 Å². The van der Waals surface area contributed by atoms with E-state index in [4.69, 9.17) is 10.5 Å². The smallest absolute Gasteiger partial charge is 0.236 e. The SMILES string of the molecule is CCC[C@H](N)C(=O)NCCOC1CCCCC1. The molecule has 0 spiro atoms. The summed E-state index contributed by atoms with van der Waals surface area (Å²) in [6, 6.07) is -0.366. The molecule has 1 amide bonds. The molecule has 1 rings (SSSR count). The quantitative estimate of drug-likeness (QED) is 0.666. The lowest BCUT2D eigenvalue weighted by atomic mass is 9.98. The molecule has 0 aliphatic heterocycles. The molecule has 4 heteroatoms. The van der Waals surface area contributed by atoms with E-state index >= 15 is 0 Å². The van der Waals surface area contributed by atoms with Crippen molar-refractivity contribution in [1.29, 1.82) is 0 Å².